The fourth-order valence-electron chi connectivity index (χ4n) is 3.02. The van der Waals surface area contributed by atoms with Gasteiger partial charge in [-0.2, -0.15) is 5.10 Å². The standard InChI is InChI=1S/C19H14Cl2N2O/c20-16-6-5-12(9-17(16)21)18-10-14(22-23-18)8-13-7-11-3-1-2-4-15(11)19(13)24/h1-6,8-10,19,24H,7H2,(H,22,23). The molecule has 5 heteroatoms. The second-order valence-corrected chi connectivity index (χ2v) is 6.65. The van der Waals surface area contributed by atoms with E-state index in [1.54, 1.807) is 12.1 Å². The predicted molar refractivity (Wildman–Crippen MR) is 97.1 cm³/mol. The molecule has 1 aliphatic rings. The van der Waals surface area contributed by atoms with E-state index in [1.165, 1.54) is 5.56 Å². The van der Waals surface area contributed by atoms with Gasteiger partial charge in [-0.3, -0.25) is 5.10 Å². The summed E-state index contributed by atoms with van der Waals surface area (Å²) in [5, 5.41) is 18.8. The van der Waals surface area contributed by atoms with Crippen LogP contribution in [0.5, 0.6) is 0 Å². The van der Waals surface area contributed by atoms with Gasteiger partial charge < -0.3 is 5.11 Å². The average molecular weight is 357 g/mol. The molecule has 0 fully saturated rings. The molecule has 3 nitrogen and oxygen atoms in total. The number of aromatic nitrogens is 2. The van der Waals surface area contributed by atoms with Gasteiger partial charge in [0.2, 0.25) is 0 Å². The number of halogens is 2. The number of H-pyrrole nitrogens is 1. The van der Waals surface area contributed by atoms with Crippen molar-refractivity contribution in [1.82, 2.24) is 10.2 Å². The molecule has 0 radical (unpaired) electrons. The third kappa shape index (κ3) is 2.75. The van der Waals surface area contributed by atoms with Crippen molar-refractivity contribution in [1.29, 1.82) is 0 Å². The molecule has 2 aromatic carbocycles. The molecule has 1 aromatic heterocycles. The first-order chi connectivity index (χ1) is 11.6. The molecule has 1 unspecified atom stereocenters. The Bertz CT molecular complexity index is 946. The lowest BCUT2D eigenvalue weighted by molar-refractivity contribution is 0.222. The lowest BCUT2D eigenvalue weighted by atomic mass is 10.1. The van der Waals surface area contributed by atoms with Gasteiger partial charge in [0.05, 0.1) is 21.4 Å². The Hall–Kier alpha value is -2.07. The van der Waals surface area contributed by atoms with E-state index in [-0.39, 0.29) is 0 Å². The lowest BCUT2D eigenvalue weighted by Crippen LogP contribution is -1.93. The number of rotatable bonds is 2. The van der Waals surface area contributed by atoms with Gasteiger partial charge in [0, 0.05) is 5.56 Å². The van der Waals surface area contributed by atoms with Crippen LogP contribution in [-0.4, -0.2) is 15.3 Å². The third-order valence-corrected chi connectivity index (χ3v) is 4.99. The van der Waals surface area contributed by atoms with Crippen LogP contribution >= 0.6 is 23.2 Å². The molecule has 24 heavy (non-hydrogen) atoms. The van der Waals surface area contributed by atoms with Crippen LogP contribution in [-0.2, 0) is 6.42 Å². The molecule has 3 aromatic rings. The Kier molecular flexibility index (Phi) is 3.93. The molecule has 1 heterocycles. The van der Waals surface area contributed by atoms with Gasteiger partial charge in [0.25, 0.3) is 0 Å². The van der Waals surface area contributed by atoms with Crippen molar-refractivity contribution in [2.75, 3.05) is 0 Å². The average Bonchev–Trinajstić information content (AvgIpc) is 3.16. The molecular formula is C19H14Cl2N2O. The number of aromatic amines is 1. The molecule has 0 bridgehead atoms. The largest absolute Gasteiger partial charge is 0.384 e. The Morgan fingerprint density at radius 2 is 1.92 bits per heavy atom. The van der Waals surface area contributed by atoms with E-state index in [0.29, 0.717) is 10.0 Å². The van der Waals surface area contributed by atoms with Crippen LogP contribution in [0.4, 0.5) is 0 Å². The van der Waals surface area contributed by atoms with E-state index in [1.807, 2.05) is 42.5 Å². The fraction of sp³-hybridized carbons (Fsp3) is 0.105. The first-order valence-electron chi connectivity index (χ1n) is 7.59. The number of nitrogens with one attached hydrogen (secondary N) is 1. The Balaban J connectivity index is 1.63. The van der Waals surface area contributed by atoms with Crippen molar-refractivity contribution in [2.45, 2.75) is 12.5 Å². The maximum Gasteiger partial charge on any atom is 0.101 e. The topological polar surface area (TPSA) is 48.9 Å². The normalized spacial score (nSPS) is 18.1. The second-order valence-electron chi connectivity index (χ2n) is 5.83. The van der Waals surface area contributed by atoms with Crippen LogP contribution in [0.15, 0.2) is 54.1 Å². The van der Waals surface area contributed by atoms with Crippen LogP contribution < -0.4 is 0 Å². The summed E-state index contributed by atoms with van der Waals surface area (Å²) in [6.45, 7) is 0. The number of fused-ring (bicyclic) bond motifs is 1. The first kappa shape index (κ1) is 15.5. The number of aliphatic hydroxyl groups is 1. The van der Waals surface area contributed by atoms with Crippen LogP contribution in [0.3, 0.4) is 0 Å². The molecule has 0 aliphatic heterocycles. The maximum atomic E-state index is 10.5. The molecule has 0 amide bonds. The van der Waals surface area contributed by atoms with Crippen molar-refractivity contribution in [2.24, 2.45) is 0 Å². The predicted octanol–water partition coefficient (Wildman–Crippen LogP) is 5.06. The summed E-state index contributed by atoms with van der Waals surface area (Å²) >= 11 is 12.0. The first-order valence-corrected chi connectivity index (χ1v) is 8.34. The van der Waals surface area contributed by atoms with Gasteiger partial charge in [-0.05, 0) is 47.4 Å². The highest BCUT2D eigenvalue weighted by Gasteiger charge is 2.24. The Labute approximate surface area is 149 Å². The zero-order valence-electron chi connectivity index (χ0n) is 12.6. The highest BCUT2D eigenvalue weighted by Crippen LogP contribution is 2.36. The van der Waals surface area contributed by atoms with Crippen LogP contribution in [0.1, 0.15) is 22.9 Å². The van der Waals surface area contributed by atoms with Crippen LogP contribution in [0, 0.1) is 0 Å². The molecule has 0 spiro atoms. The number of hydrogen-bond donors (Lipinski definition) is 2. The fourth-order valence-corrected chi connectivity index (χ4v) is 3.32. The van der Waals surface area contributed by atoms with Gasteiger partial charge >= 0.3 is 0 Å². The van der Waals surface area contributed by atoms with Gasteiger partial charge in [-0.25, -0.2) is 0 Å². The van der Waals surface area contributed by atoms with Crippen LogP contribution in [0.25, 0.3) is 17.3 Å². The number of aliphatic hydroxyl groups excluding tert-OH is 1. The monoisotopic (exact) mass is 356 g/mol. The Morgan fingerprint density at radius 1 is 1.08 bits per heavy atom. The van der Waals surface area contributed by atoms with Gasteiger partial charge in [-0.15, -0.1) is 0 Å². The van der Waals surface area contributed by atoms with Gasteiger partial charge in [0.15, 0.2) is 0 Å². The lowest BCUT2D eigenvalue weighted by Gasteiger charge is -2.04. The minimum Gasteiger partial charge on any atom is -0.384 e. The molecule has 1 aliphatic carbocycles. The summed E-state index contributed by atoms with van der Waals surface area (Å²) in [6.07, 6.45) is 2.15. The van der Waals surface area contributed by atoms with E-state index < -0.39 is 6.10 Å². The van der Waals surface area contributed by atoms with E-state index >= 15 is 0 Å². The molecule has 0 saturated carbocycles. The van der Waals surface area contributed by atoms with Gasteiger partial charge in [0.1, 0.15) is 6.10 Å². The van der Waals surface area contributed by atoms with Crippen molar-refractivity contribution in [3.8, 4) is 11.3 Å². The SMILES string of the molecule is OC1C(=Cc2cc(-c3ccc(Cl)c(Cl)c3)n[nH]2)Cc2ccccc21. The highest BCUT2D eigenvalue weighted by atomic mass is 35.5. The summed E-state index contributed by atoms with van der Waals surface area (Å²) in [4.78, 5) is 0. The number of benzene rings is 2. The second kappa shape index (κ2) is 6.10. The van der Waals surface area contributed by atoms with Crippen molar-refractivity contribution in [3.63, 3.8) is 0 Å². The molecule has 4 rings (SSSR count). The molecular weight excluding hydrogens is 343 g/mol. The van der Waals surface area contributed by atoms with E-state index in [2.05, 4.69) is 10.2 Å². The maximum absolute atomic E-state index is 10.5. The van der Waals surface area contributed by atoms with Gasteiger partial charge in [-0.1, -0.05) is 53.5 Å². The quantitative estimate of drug-likeness (QED) is 0.674. The molecule has 0 saturated heterocycles. The summed E-state index contributed by atoms with van der Waals surface area (Å²) in [5.41, 5.74) is 5.62. The molecule has 2 N–H and O–H groups in total. The molecule has 120 valence electrons. The van der Waals surface area contributed by atoms with Crippen molar-refractivity contribution < 1.29 is 5.11 Å². The third-order valence-electron chi connectivity index (χ3n) is 4.25. The molecule has 1 atom stereocenters. The zero-order chi connectivity index (χ0) is 16.7. The van der Waals surface area contributed by atoms with E-state index in [9.17, 15) is 5.11 Å². The summed E-state index contributed by atoms with van der Waals surface area (Å²) in [7, 11) is 0. The zero-order valence-corrected chi connectivity index (χ0v) is 14.1. The van der Waals surface area contributed by atoms with Crippen LogP contribution in [0.2, 0.25) is 10.0 Å². The van der Waals surface area contributed by atoms with E-state index in [0.717, 1.165) is 34.5 Å². The minimum atomic E-state index is -0.557. The number of nitrogens with zero attached hydrogens (tertiary/aromatic N) is 1. The minimum absolute atomic E-state index is 0.499. The van der Waals surface area contributed by atoms with Crippen molar-refractivity contribution >= 4 is 29.3 Å². The van der Waals surface area contributed by atoms with Crippen molar-refractivity contribution in [3.05, 3.63) is 81.0 Å². The summed E-state index contributed by atoms with van der Waals surface area (Å²) in [5.74, 6) is 0. The highest BCUT2D eigenvalue weighted by molar-refractivity contribution is 6.42. The number of hydrogen-bond acceptors (Lipinski definition) is 2. The summed E-state index contributed by atoms with van der Waals surface area (Å²) in [6, 6.07) is 15.3. The summed E-state index contributed by atoms with van der Waals surface area (Å²) < 4.78 is 0. The Morgan fingerprint density at radius 3 is 2.71 bits per heavy atom. The smallest absolute Gasteiger partial charge is 0.101 e. The van der Waals surface area contributed by atoms with E-state index in [4.69, 9.17) is 23.2 Å².